The van der Waals surface area contributed by atoms with Gasteiger partial charge in [-0.1, -0.05) is 11.6 Å². The third-order valence-corrected chi connectivity index (χ3v) is 2.74. The largest absolute Gasteiger partial charge is 0.466 e. The topological polar surface area (TPSA) is 65.2 Å². The molecule has 0 amide bonds. The van der Waals surface area contributed by atoms with E-state index in [0.717, 1.165) is 0 Å². The molecule has 1 heterocycles. The van der Waals surface area contributed by atoms with E-state index in [0.29, 0.717) is 5.56 Å². The molecule has 0 unspecified atom stereocenters. The van der Waals surface area contributed by atoms with Crippen LogP contribution >= 0.6 is 11.6 Å². The number of carbonyl (C=O) groups is 1. The molecule has 1 aromatic rings. The van der Waals surface area contributed by atoms with Crippen molar-refractivity contribution >= 4 is 17.6 Å². The van der Waals surface area contributed by atoms with Crippen LogP contribution in [0.3, 0.4) is 0 Å². The Morgan fingerprint density at radius 1 is 1.61 bits per heavy atom. The molecule has 0 radical (unpaired) electrons. The van der Waals surface area contributed by atoms with Gasteiger partial charge in [0, 0.05) is 23.9 Å². The Hall–Kier alpha value is -1.27. The molecule has 0 bridgehead atoms. The number of nitrogens with zero attached hydrogens (tertiary/aromatic N) is 1. The minimum Gasteiger partial charge on any atom is -0.466 e. The molecule has 0 saturated carbocycles. The Balaban J connectivity index is 3.15. The van der Waals surface area contributed by atoms with E-state index in [2.05, 4.69) is 4.98 Å². The Labute approximate surface area is 108 Å². The fourth-order valence-corrected chi connectivity index (χ4v) is 1.73. The van der Waals surface area contributed by atoms with Crippen molar-refractivity contribution in [2.24, 2.45) is 5.73 Å². The fraction of sp³-hybridized carbons (Fsp3) is 0.455. The molecule has 0 aliphatic rings. The Morgan fingerprint density at radius 3 is 2.78 bits per heavy atom. The molecule has 2 N–H and O–H groups in total. The van der Waals surface area contributed by atoms with Crippen LogP contribution in [0.2, 0.25) is 5.02 Å². The number of nitrogens with two attached hydrogens (primary N) is 1. The summed E-state index contributed by atoms with van der Waals surface area (Å²) in [6.45, 7) is 1.86. The molecule has 0 spiro atoms. The minimum atomic E-state index is -2.81. The quantitative estimate of drug-likeness (QED) is 0.839. The summed E-state index contributed by atoms with van der Waals surface area (Å²) < 4.78 is 30.3. The van der Waals surface area contributed by atoms with Crippen molar-refractivity contribution in [3.05, 3.63) is 28.0 Å². The standard InChI is InChI=1S/C11H13ClF2N2O2/c1-2-18-8(17)3-7-9(12)6(4-15)5-16-10(7)11(13)14/h5,11H,2-4,15H2,1H3. The molecule has 0 aliphatic heterocycles. The van der Waals surface area contributed by atoms with E-state index in [1.54, 1.807) is 6.92 Å². The van der Waals surface area contributed by atoms with E-state index in [-0.39, 0.29) is 30.2 Å². The maximum Gasteiger partial charge on any atom is 0.310 e. The number of halogens is 3. The lowest BCUT2D eigenvalue weighted by atomic mass is 10.1. The van der Waals surface area contributed by atoms with Crippen molar-refractivity contribution in [3.63, 3.8) is 0 Å². The van der Waals surface area contributed by atoms with Gasteiger partial charge in [-0.2, -0.15) is 0 Å². The zero-order valence-corrected chi connectivity index (χ0v) is 10.5. The molecule has 4 nitrogen and oxygen atoms in total. The number of hydrogen-bond acceptors (Lipinski definition) is 4. The van der Waals surface area contributed by atoms with Crippen LogP contribution in [0.15, 0.2) is 6.20 Å². The van der Waals surface area contributed by atoms with Crippen LogP contribution in [0, 0.1) is 0 Å². The molecule has 0 atom stereocenters. The van der Waals surface area contributed by atoms with E-state index in [4.69, 9.17) is 22.1 Å². The number of aromatic nitrogens is 1. The second-order valence-corrected chi connectivity index (χ2v) is 3.83. The highest BCUT2D eigenvalue weighted by Crippen LogP contribution is 2.29. The Bertz CT molecular complexity index is 441. The fourth-order valence-electron chi connectivity index (χ4n) is 1.44. The zero-order valence-electron chi connectivity index (χ0n) is 9.75. The van der Waals surface area contributed by atoms with E-state index in [1.807, 2.05) is 0 Å². The predicted molar refractivity (Wildman–Crippen MR) is 62.4 cm³/mol. The number of esters is 1. The number of pyridine rings is 1. The van der Waals surface area contributed by atoms with Crippen LogP contribution in [-0.2, 0) is 22.5 Å². The summed E-state index contributed by atoms with van der Waals surface area (Å²) >= 11 is 5.94. The van der Waals surface area contributed by atoms with Crippen molar-refractivity contribution in [2.75, 3.05) is 6.61 Å². The molecule has 100 valence electrons. The molecule has 0 aliphatic carbocycles. The van der Waals surface area contributed by atoms with Gasteiger partial charge in [0.1, 0.15) is 5.69 Å². The number of ether oxygens (including phenoxy) is 1. The third kappa shape index (κ3) is 3.36. The van der Waals surface area contributed by atoms with Gasteiger partial charge in [-0.15, -0.1) is 0 Å². The summed E-state index contributed by atoms with van der Waals surface area (Å²) in [5.74, 6) is -0.628. The lowest BCUT2D eigenvalue weighted by molar-refractivity contribution is -0.142. The molecule has 0 saturated heterocycles. The summed E-state index contributed by atoms with van der Waals surface area (Å²) in [5, 5.41) is 0.0517. The molecule has 7 heteroatoms. The molecule has 1 rings (SSSR count). The van der Waals surface area contributed by atoms with Gasteiger partial charge in [0.15, 0.2) is 0 Å². The number of rotatable bonds is 5. The van der Waals surface area contributed by atoms with Crippen molar-refractivity contribution in [2.45, 2.75) is 26.3 Å². The molecule has 0 aromatic carbocycles. The lowest BCUT2D eigenvalue weighted by Crippen LogP contribution is -2.13. The van der Waals surface area contributed by atoms with Gasteiger partial charge in [0.2, 0.25) is 0 Å². The van der Waals surface area contributed by atoms with Crippen LogP contribution in [-0.4, -0.2) is 17.6 Å². The van der Waals surface area contributed by atoms with E-state index in [9.17, 15) is 13.6 Å². The van der Waals surface area contributed by atoms with Crippen molar-refractivity contribution in [1.82, 2.24) is 4.98 Å². The first-order valence-corrected chi connectivity index (χ1v) is 5.69. The van der Waals surface area contributed by atoms with Crippen molar-refractivity contribution < 1.29 is 18.3 Å². The summed E-state index contributed by atoms with van der Waals surface area (Å²) in [7, 11) is 0. The SMILES string of the molecule is CCOC(=O)Cc1c(C(F)F)ncc(CN)c1Cl. The maximum atomic E-state index is 12.8. The zero-order chi connectivity index (χ0) is 13.7. The van der Waals surface area contributed by atoms with Crippen LogP contribution in [0.4, 0.5) is 8.78 Å². The van der Waals surface area contributed by atoms with Gasteiger partial charge >= 0.3 is 5.97 Å². The molecule has 0 fully saturated rings. The molecule has 18 heavy (non-hydrogen) atoms. The van der Waals surface area contributed by atoms with Crippen molar-refractivity contribution in [1.29, 1.82) is 0 Å². The summed E-state index contributed by atoms with van der Waals surface area (Å²) in [6.07, 6.45) is -1.95. The van der Waals surface area contributed by atoms with Gasteiger partial charge < -0.3 is 10.5 Å². The summed E-state index contributed by atoms with van der Waals surface area (Å²) in [4.78, 5) is 15.0. The first kappa shape index (κ1) is 14.8. The smallest absolute Gasteiger partial charge is 0.310 e. The van der Waals surface area contributed by atoms with Crippen LogP contribution in [0.1, 0.15) is 30.2 Å². The molecular formula is C11H13ClF2N2O2. The van der Waals surface area contributed by atoms with Gasteiger partial charge in [0.05, 0.1) is 18.1 Å². The number of alkyl halides is 2. The van der Waals surface area contributed by atoms with Crippen LogP contribution in [0.25, 0.3) is 0 Å². The average Bonchev–Trinajstić information content (AvgIpc) is 2.31. The molecular weight excluding hydrogens is 266 g/mol. The lowest BCUT2D eigenvalue weighted by Gasteiger charge is -2.12. The van der Waals surface area contributed by atoms with E-state index in [1.165, 1.54) is 6.20 Å². The highest BCUT2D eigenvalue weighted by Gasteiger charge is 2.22. The third-order valence-electron chi connectivity index (χ3n) is 2.27. The van der Waals surface area contributed by atoms with Gasteiger partial charge in [0.25, 0.3) is 6.43 Å². The molecule has 1 aromatic heterocycles. The first-order chi connectivity index (χ1) is 8.51. The van der Waals surface area contributed by atoms with Crippen molar-refractivity contribution in [3.8, 4) is 0 Å². The number of carbonyl (C=O) groups excluding carboxylic acids is 1. The second kappa shape index (κ2) is 6.61. The average molecular weight is 279 g/mol. The van der Waals surface area contributed by atoms with Gasteiger partial charge in [-0.05, 0) is 6.92 Å². The highest BCUT2D eigenvalue weighted by atomic mass is 35.5. The normalized spacial score (nSPS) is 10.8. The van der Waals surface area contributed by atoms with Gasteiger partial charge in [-0.25, -0.2) is 8.78 Å². The Kier molecular flexibility index (Phi) is 5.43. The highest BCUT2D eigenvalue weighted by molar-refractivity contribution is 6.32. The predicted octanol–water partition coefficient (Wildman–Crippen LogP) is 2.24. The van der Waals surface area contributed by atoms with E-state index < -0.39 is 18.1 Å². The monoisotopic (exact) mass is 278 g/mol. The summed E-state index contributed by atoms with van der Waals surface area (Å²) in [5.41, 5.74) is 5.29. The van der Waals surface area contributed by atoms with Crippen LogP contribution in [0.5, 0.6) is 0 Å². The summed E-state index contributed by atoms with van der Waals surface area (Å²) in [6, 6.07) is 0. The number of hydrogen-bond donors (Lipinski definition) is 1. The minimum absolute atomic E-state index is 0.0203. The maximum absolute atomic E-state index is 12.8. The first-order valence-electron chi connectivity index (χ1n) is 5.31. The van der Waals surface area contributed by atoms with Crippen LogP contribution < -0.4 is 5.73 Å². The van der Waals surface area contributed by atoms with E-state index >= 15 is 0 Å². The second-order valence-electron chi connectivity index (χ2n) is 3.45. The Morgan fingerprint density at radius 2 is 2.28 bits per heavy atom. The van der Waals surface area contributed by atoms with Gasteiger partial charge in [-0.3, -0.25) is 9.78 Å².